The number of carboxylic acid groups (broad SMARTS) is 1. The van der Waals surface area contributed by atoms with Crippen LogP contribution in [0, 0.1) is 0 Å². The predicted molar refractivity (Wildman–Crippen MR) is 72.3 cm³/mol. The average Bonchev–Trinajstić information content (AvgIpc) is 2.21. The Hall–Kier alpha value is -0.580. The fourth-order valence-electron chi connectivity index (χ4n) is 1.27. The minimum atomic E-state index is -0.904. The maximum absolute atomic E-state index is 11.1. The average molecular weight is 321 g/mol. The molecule has 1 aromatic rings. The standard InChI is InChI=1S/C12H15BrClNO2/c1-12(2,11(16)17)15(3)7-8-4-5-9(14)6-10(8)13/h4-6H,7H2,1-3H3,(H,16,17). The van der Waals surface area contributed by atoms with Crippen LogP contribution in [0.5, 0.6) is 0 Å². The molecule has 0 aliphatic rings. The summed E-state index contributed by atoms with van der Waals surface area (Å²) < 4.78 is 0.887. The normalized spacial score (nSPS) is 11.9. The highest BCUT2D eigenvalue weighted by Gasteiger charge is 2.32. The van der Waals surface area contributed by atoms with Crippen molar-refractivity contribution in [3.8, 4) is 0 Å². The van der Waals surface area contributed by atoms with Gasteiger partial charge in [0.05, 0.1) is 0 Å². The Morgan fingerprint density at radius 3 is 2.59 bits per heavy atom. The van der Waals surface area contributed by atoms with Crippen molar-refractivity contribution in [1.29, 1.82) is 0 Å². The van der Waals surface area contributed by atoms with Gasteiger partial charge in [-0.15, -0.1) is 0 Å². The second kappa shape index (κ2) is 5.38. The summed E-state index contributed by atoms with van der Waals surface area (Å²) in [6, 6.07) is 5.49. The van der Waals surface area contributed by atoms with E-state index in [1.807, 2.05) is 6.07 Å². The van der Waals surface area contributed by atoms with Crippen molar-refractivity contribution < 1.29 is 9.90 Å². The number of likely N-dealkylation sites (N-methyl/N-ethyl adjacent to an activating group) is 1. The molecule has 17 heavy (non-hydrogen) atoms. The van der Waals surface area contributed by atoms with Crippen LogP contribution in [-0.4, -0.2) is 28.6 Å². The summed E-state index contributed by atoms with van der Waals surface area (Å²) in [4.78, 5) is 12.9. The number of benzene rings is 1. The van der Waals surface area contributed by atoms with Crippen molar-refractivity contribution in [2.24, 2.45) is 0 Å². The Morgan fingerprint density at radius 1 is 1.53 bits per heavy atom. The number of carboxylic acids is 1. The number of aliphatic carboxylic acids is 1. The van der Waals surface area contributed by atoms with Crippen LogP contribution in [-0.2, 0) is 11.3 Å². The molecule has 0 saturated heterocycles. The SMILES string of the molecule is CN(Cc1ccc(Cl)cc1Br)C(C)(C)C(=O)O. The summed E-state index contributed by atoms with van der Waals surface area (Å²) in [6.07, 6.45) is 0. The van der Waals surface area contributed by atoms with Gasteiger partial charge in [0.25, 0.3) is 0 Å². The molecular formula is C12H15BrClNO2. The highest BCUT2D eigenvalue weighted by atomic mass is 79.9. The molecule has 0 fully saturated rings. The van der Waals surface area contributed by atoms with E-state index in [1.54, 1.807) is 37.9 Å². The molecule has 0 radical (unpaired) electrons. The van der Waals surface area contributed by atoms with Crippen molar-refractivity contribution in [1.82, 2.24) is 4.90 Å². The van der Waals surface area contributed by atoms with Crippen LogP contribution in [0.4, 0.5) is 0 Å². The zero-order valence-electron chi connectivity index (χ0n) is 10.00. The number of carbonyl (C=O) groups is 1. The van der Waals surface area contributed by atoms with Crippen LogP contribution in [0.25, 0.3) is 0 Å². The summed E-state index contributed by atoms with van der Waals surface area (Å²) in [6.45, 7) is 3.90. The van der Waals surface area contributed by atoms with Crippen molar-refractivity contribution in [3.63, 3.8) is 0 Å². The number of nitrogens with zero attached hydrogens (tertiary/aromatic N) is 1. The summed E-state index contributed by atoms with van der Waals surface area (Å²) in [5.74, 6) is -0.843. The molecule has 0 spiro atoms. The van der Waals surface area contributed by atoms with Gasteiger partial charge in [-0.1, -0.05) is 33.6 Å². The maximum atomic E-state index is 11.1. The zero-order chi connectivity index (χ0) is 13.2. The minimum Gasteiger partial charge on any atom is -0.480 e. The summed E-state index contributed by atoms with van der Waals surface area (Å²) in [5.41, 5.74) is 0.102. The topological polar surface area (TPSA) is 40.5 Å². The molecule has 1 aromatic carbocycles. The molecular weight excluding hydrogens is 305 g/mol. The van der Waals surface area contributed by atoms with Crippen LogP contribution in [0.15, 0.2) is 22.7 Å². The molecule has 3 nitrogen and oxygen atoms in total. The Kier molecular flexibility index (Phi) is 4.58. The van der Waals surface area contributed by atoms with Gasteiger partial charge in [-0.3, -0.25) is 9.69 Å². The van der Waals surface area contributed by atoms with E-state index in [0.717, 1.165) is 10.0 Å². The van der Waals surface area contributed by atoms with Gasteiger partial charge in [0.15, 0.2) is 0 Å². The molecule has 5 heteroatoms. The lowest BCUT2D eigenvalue weighted by molar-refractivity contribution is -0.148. The van der Waals surface area contributed by atoms with E-state index in [9.17, 15) is 4.79 Å². The van der Waals surface area contributed by atoms with Crippen LogP contribution < -0.4 is 0 Å². The molecule has 0 aliphatic carbocycles. The van der Waals surface area contributed by atoms with E-state index in [-0.39, 0.29) is 0 Å². The van der Waals surface area contributed by atoms with E-state index in [0.29, 0.717) is 11.6 Å². The molecule has 0 unspecified atom stereocenters. The molecule has 1 N–H and O–H groups in total. The van der Waals surface area contributed by atoms with Gasteiger partial charge in [0.2, 0.25) is 0 Å². The predicted octanol–water partition coefficient (Wildman–Crippen LogP) is 3.40. The van der Waals surface area contributed by atoms with Crippen molar-refractivity contribution in [2.45, 2.75) is 25.9 Å². The Labute approximate surface area is 115 Å². The number of halogens is 2. The van der Waals surface area contributed by atoms with E-state index in [1.165, 1.54) is 0 Å². The monoisotopic (exact) mass is 319 g/mol. The molecule has 0 heterocycles. The minimum absolute atomic E-state index is 0.539. The molecule has 0 bridgehead atoms. The quantitative estimate of drug-likeness (QED) is 0.924. The van der Waals surface area contributed by atoms with Crippen molar-refractivity contribution in [2.75, 3.05) is 7.05 Å². The molecule has 1 rings (SSSR count). The Balaban J connectivity index is 2.88. The maximum Gasteiger partial charge on any atom is 0.323 e. The first-order chi connectivity index (χ1) is 7.75. The van der Waals surface area contributed by atoms with Gasteiger partial charge in [-0.25, -0.2) is 0 Å². The first kappa shape index (κ1) is 14.5. The number of hydrogen-bond acceptors (Lipinski definition) is 2. The van der Waals surface area contributed by atoms with Gasteiger partial charge in [0.1, 0.15) is 5.54 Å². The highest BCUT2D eigenvalue weighted by molar-refractivity contribution is 9.10. The molecule has 0 aromatic heterocycles. The molecule has 94 valence electrons. The van der Waals surface area contributed by atoms with Crippen LogP contribution >= 0.6 is 27.5 Å². The van der Waals surface area contributed by atoms with Crippen LogP contribution in [0.1, 0.15) is 19.4 Å². The van der Waals surface area contributed by atoms with Gasteiger partial charge in [0, 0.05) is 16.0 Å². The first-order valence-electron chi connectivity index (χ1n) is 5.13. The molecule has 0 atom stereocenters. The Bertz CT molecular complexity index is 435. The van der Waals surface area contributed by atoms with Crippen molar-refractivity contribution >= 4 is 33.5 Å². The molecule has 0 saturated carbocycles. The van der Waals surface area contributed by atoms with Gasteiger partial charge in [-0.05, 0) is 38.6 Å². The lowest BCUT2D eigenvalue weighted by Crippen LogP contribution is -2.47. The number of hydrogen-bond donors (Lipinski definition) is 1. The summed E-state index contributed by atoms with van der Waals surface area (Å²) in [5, 5.41) is 9.78. The van der Waals surface area contributed by atoms with Gasteiger partial charge < -0.3 is 5.11 Å². The fourth-order valence-corrected chi connectivity index (χ4v) is 2.07. The fraction of sp³-hybridized carbons (Fsp3) is 0.417. The molecule has 0 amide bonds. The summed E-state index contributed by atoms with van der Waals surface area (Å²) in [7, 11) is 1.79. The van der Waals surface area contributed by atoms with E-state index in [4.69, 9.17) is 16.7 Å². The first-order valence-corrected chi connectivity index (χ1v) is 6.31. The largest absolute Gasteiger partial charge is 0.480 e. The summed E-state index contributed by atoms with van der Waals surface area (Å²) >= 11 is 9.28. The highest BCUT2D eigenvalue weighted by Crippen LogP contribution is 2.24. The van der Waals surface area contributed by atoms with E-state index < -0.39 is 11.5 Å². The Morgan fingerprint density at radius 2 is 2.12 bits per heavy atom. The smallest absolute Gasteiger partial charge is 0.323 e. The number of rotatable bonds is 4. The lowest BCUT2D eigenvalue weighted by Gasteiger charge is -2.31. The van der Waals surface area contributed by atoms with Gasteiger partial charge in [-0.2, -0.15) is 0 Å². The third-order valence-corrected chi connectivity index (χ3v) is 3.87. The lowest BCUT2D eigenvalue weighted by atomic mass is 10.0. The zero-order valence-corrected chi connectivity index (χ0v) is 12.3. The van der Waals surface area contributed by atoms with Crippen LogP contribution in [0.2, 0.25) is 5.02 Å². The second-order valence-electron chi connectivity index (χ2n) is 4.46. The third-order valence-electron chi connectivity index (χ3n) is 2.90. The van der Waals surface area contributed by atoms with E-state index in [2.05, 4.69) is 15.9 Å². The third kappa shape index (κ3) is 3.44. The van der Waals surface area contributed by atoms with Crippen LogP contribution in [0.3, 0.4) is 0 Å². The van der Waals surface area contributed by atoms with E-state index >= 15 is 0 Å². The van der Waals surface area contributed by atoms with Gasteiger partial charge >= 0.3 is 5.97 Å². The second-order valence-corrected chi connectivity index (χ2v) is 5.75. The molecule has 0 aliphatic heterocycles. The van der Waals surface area contributed by atoms with Crippen molar-refractivity contribution in [3.05, 3.63) is 33.3 Å².